The fourth-order valence-electron chi connectivity index (χ4n) is 3.67. The first-order chi connectivity index (χ1) is 13.5. The Hall–Kier alpha value is -2.28. The van der Waals surface area contributed by atoms with Crippen LogP contribution in [0.4, 0.5) is 0 Å². The van der Waals surface area contributed by atoms with Gasteiger partial charge >= 0.3 is 0 Å². The standard InChI is InChI=1S/C20H17Cl2NO5/c21-11-5-6-13(14(22)9-11)17-16(18(24)15-4-2-8-28-15)19(25)20(26)23(17)10-12-3-1-7-27-12/h2,4-6,8-9,12,17,25H,1,3,7,10H2/t12-,17+/m1/s1. The minimum absolute atomic E-state index is 0.0309. The van der Waals surface area contributed by atoms with Gasteiger partial charge in [0.1, 0.15) is 0 Å². The van der Waals surface area contributed by atoms with Crippen LogP contribution in [0, 0.1) is 0 Å². The van der Waals surface area contributed by atoms with Gasteiger partial charge in [-0.3, -0.25) is 9.59 Å². The first-order valence-electron chi connectivity index (χ1n) is 8.86. The fraction of sp³-hybridized carbons (Fsp3) is 0.300. The number of ketones is 1. The van der Waals surface area contributed by atoms with E-state index >= 15 is 0 Å². The molecule has 0 radical (unpaired) electrons. The number of Topliss-reactive ketones (excluding diaryl/α,β-unsaturated/α-hetero) is 1. The van der Waals surface area contributed by atoms with Gasteiger partial charge in [-0.2, -0.15) is 0 Å². The Morgan fingerprint density at radius 2 is 2.11 bits per heavy atom. The second kappa shape index (κ2) is 7.62. The molecule has 2 atom stereocenters. The van der Waals surface area contributed by atoms with Crippen molar-refractivity contribution >= 4 is 34.9 Å². The number of furan rings is 1. The SMILES string of the molecule is O=C(C1=C(O)C(=O)N(C[C@H]2CCCO2)[C@H]1c1ccc(Cl)cc1Cl)c1ccco1. The van der Waals surface area contributed by atoms with Gasteiger partial charge in [-0.05, 0) is 42.7 Å². The lowest BCUT2D eigenvalue weighted by Crippen LogP contribution is -2.37. The summed E-state index contributed by atoms with van der Waals surface area (Å²) in [7, 11) is 0. The normalized spacial score (nSPS) is 22.4. The van der Waals surface area contributed by atoms with E-state index in [1.807, 2.05) is 0 Å². The Morgan fingerprint density at radius 3 is 2.75 bits per heavy atom. The van der Waals surface area contributed by atoms with E-state index in [0.29, 0.717) is 22.2 Å². The summed E-state index contributed by atoms with van der Waals surface area (Å²) in [6.45, 7) is 0.859. The molecule has 1 amide bonds. The molecule has 2 aliphatic heterocycles. The summed E-state index contributed by atoms with van der Waals surface area (Å²) >= 11 is 12.4. The number of ether oxygens (including phenoxy) is 1. The van der Waals surface area contributed by atoms with Crippen molar-refractivity contribution in [3.63, 3.8) is 0 Å². The van der Waals surface area contributed by atoms with Crippen molar-refractivity contribution in [2.75, 3.05) is 13.2 Å². The highest BCUT2D eigenvalue weighted by Gasteiger charge is 2.46. The van der Waals surface area contributed by atoms with E-state index in [2.05, 4.69) is 0 Å². The third-order valence-corrected chi connectivity index (χ3v) is 5.54. The molecule has 1 aromatic carbocycles. The molecule has 1 saturated heterocycles. The van der Waals surface area contributed by atoms with Crippen LogP contribution in [0.15, 0.2) is 52.3 Å². The van der Waals surface area contributed by atoms with Crippen molar-refractivity contribution in [1.82, 2.24) is 4.90 Å². The number of aliphatic hydroxyl groups is 1. The van der Waals surface area contributed by atoms with E-state index in [0.717, 1.165) is 12.8 Å². The maximum Gasteiger partial charge on any atom is 0.290 e. The van der Waals surface area contributed by atoms with E-state index in [-0.39, 0.29) is 24.0 Å². The number of amides is 1. The molecule has 1 aromatic heterocycles. The van der Waals surface area contributed by atoms with Gasteiger partial charge < -0.3 is 19.2 Å². The predicted molar refractivity (Wildman–Crippen MR) is 103 cm³/mol. The molecule has 3 heterocycles. The number of halogens is 2. The minimum atomic E-state index is -0.862. The summed E-state index contributed by atoms with van der Waals surface area (Å²) in [5, 5.41) is 11.3. The quantitative estimate of drug-likeness (QED) is 0.725. The number of hydrogen-bond donors (Lipinski definition) is 1. The zero-order chi connectivity index (χ0) is 19.8. The van der Waals surface area contributed by atoms with Crippen LogP contribution in [0.1, 0.15) is 35.0 Å². The summed E-state index contributed by atoms with van der Waals surface area (Å²) < 4.78 is 10.8. The number of carbonyl (C=O) groups is 2. The molecule has 0 bridgehead atoms. The molecular formula is C20H17Cl2NO5. The fourth-order valence-corrected chi connectivity index (χ4v) is 4.18. The molecule has 0 aliphatic carbocycles. The summed E-state index contributed by atoms with van der Waals surface area (Å²) in [5.41, 5.74) is 0.429. The molecule has 8 heteroatoms. The van der Waals surface area contributed by atoms with Gasteiger partial charge in [-0.25, -0.2) is 0 Å². The zero-order valence-electron chi connectivity index (χ0n) is 14.7. The third kappa shape index (κ3) is 3.32. The monoisotopic (exact) mass is 421 g/mol. The van der Waals surface area contributed by atoms with Crippen molar-refractivity contribution in [1.29, 1.82) is 0 Å². The Morgan fingerprint density at radius 1 is 1.29 bits per heavy atom. The Kier molecular flexibility index (Phi) is 5.19. The van der Waals surface area contributed by atoms with Crippen LogP contribution in [0.5, 0.6) is 0 Å². The topological polar surface area (TPSA) is 80.0 Å². The zero-order valence-corrected chi connectivity index (χ0v) is 16.2. The highest BCUT2D eigenvalue weighted by Crippen LogP contribution is 2.42. The number of nitrogens with zero attached hydrogens (tertiary/aromatic N) is 1. The first-order valence-corrected chi connectivity index (χ1v) is 9.62. The van der Waals surface area contributed by atoms with Crippen molar-refractivity contribution in [2.45, 2.75) is 25.0 Å². The largest absolute Gasteiger partial charge is 0.503 e. The molecular weight excluding hydrogens is 405 g/mol. The van der Waals surface area contributed by atoms with Gasteiger partial charge in [-0.1, -0.05) is 29.3 Å². The minimum Gasteiger partial charge on any atom is -0.503 e. The summed E-state index contributed by atoms with van der Waals surface area (Å²) in [4.78, 5) is 27.3. The number of hydrogen-bond acceptors (Lipinski definition) is 5. The van der Waals surface area contributed by atoms with E-state index in [9.17, 15) is 14.7 Å². The smallest absolute Gasteiger partial charge is 0.290 e. The number of benzene rings is 1. The molecule has 1 fully saturated rings. The number of carbonyl (C=O) groups excluding carboxylic acids is 2. The summed E-state index contributed by atoms with van der Waals surface area (Å²) in [6, 6.07) is 7.00. The van der Waals surface area contributed by atoms with Crippen LogP contribution in [0.25, 0.3) is 0 Å². The van der Waals surface area contributed by atoms with Crippen LogP contribution in [-0.2, 0) is 9.53 Å². The number of aliphatic hydroxyl groups excluding tert-OH is 1. The second-order valence-corrected chi connectivity index (χ2v) is 7.57. The van der Waals surface area contributed by atoms with Crippen molar-refractivity contribution in [3.05, 3.63) is 69.3 Å². The van der Waals surface area contributed by atoms with E-state index in [1.165, 1.54) is 23.3 Å². The summed E-state index contributed by atoms with van der Waals surface area (Å²) in [5.74, 6) is -1.78. The lowest BCUT2D eigenvalue weighted by Gasteiger charge is -2.29. The average molecular weight is 422 g/mol. The van der Waals surface area contributed by atoms with Gasteiger partial charge in [0.25, 0.3) is 5.91 Å². The van der Waals surface area contributed by atoms with Crippen LogP contribution in [0.2, 0.25) is 10.0 Å². The van der Waals surface area contributed by atoms with Crippen LogP contribution >= 0.6 is 23.2 Å². The maximum absolute atomic E-state index is 13.0. The Bertz CT molecular complexity index is 948. The molecule has 0 unspecified atom stereocenters. The highest BCUT2D eigenvalue weighted by atomic mass is 35.5. The summed E-state index contributed by atoms with van der Waals surface area (Å²) in [6.07, 6.45) is 2.89. The van der Waals surface area contributed by atoms with Crippen LogP contribution in [0.3, 0.4) is 0 Å². The van der Waals surface area contributed by atoms with Crippen LogP contribution < -0.4 is 0 Å². The Labute approximate surface area is 171 Å². The predicted octanol–water partition coefficient (Wildman–Crippen LogP) is 4.34. The Balaban J connectivity index is 1.79. The maximum atomic E-state index is 13.0. The van der Waals surface area contributed by atoms with Gasteiger partial charge in [0.15, 0.2) is 11.5 Å². The van der Waals surface area contributed by atoms with Crippen molar-refractivity contribution < 1.29 is 23.8 Å². The molecule has 2 aromatic rings. The molecule has 0 spiro atoms. The van der Waals surface area contributed by atoms with E-state index < -0.39 is 23.5 Å². The van der Waals surface area contributed by atoms with Gasteiger partial charge in [0, 0.05) is 23.2 Å². The molecule has 6 nitrogen and oxygen atoms in total. The van der Waals surface area contributed by atoms with Gasteiger partial charge in [-0.15, -0.1) is 0 Å². The van der Waals surface area contributed by atoms with Gasteiger partial charge in [0.05, 0.1) is 24.0 Å². The molecule has 0 saturated carbocycles. The lowest BCUT2D eigenvalue weighted by molar-refractivity contribution is -0.131. The molecule has 1 N–H and O–H groups in total. The van der Waals surface area contributed by atoms with Crippen molar-refractivity contribution in [3.8, 4) is 0 Å². The first kappa shape index (κ1) is 19.1. The second-order valence-electron chi connectivity index (χ2n) is 6.73. The van der Waals surface area contributed by atoms with E-state index in [4.69, 9.17) is 32.4 Å². The highest BCUT2D eigenvalue weighted by molar-refractivity contribution is 6.35. The third-order valence-electron chi connectivity index (χ3n) is 4.97. The van der Waals surface area contributed by atoms with Gasteiger partial charge in [0.2, 0.25) is 5.78 Å². The lowest BCUT2D eigenvalue weighted by atomic mass is 9.95. The number of rotatable bonds is 5. The molecule has 146 valence electrons. The molecule has 28 heavy (non-hydrogen) atoms. The van der Waals surface area contributed by atoms with Crippen molar-refractivity contribution in [2.24, 2.45) is 0 Å². The van der Waals surface area contributed by atoms with Crippen LogP contribution in [-0.4, -0.2) is 41.0 Å². The molecule has 4 rings (SSSR count). The average Bonchev–Trinajstić information content (AvgIpc) is 3.40. The van der Waals surface area contributed by atoms with E-state index in [1.54, 1.807) is 18.2 Å². The molecule has 2 aliphatic rings.